The predicted octanol–water partition coefficient (Wildman–Crippen LogP) is 4.94. The Balaban J connectivity index is 1.41. The van der Waals surface area contributed by atoms with E-state index in [1.54, 1.807) is 62.8 Å². The summed E-state index contributed by atoms with van der Waals surface area (Å²) in [6.45, 7) is 0. The zero-order valence-electron chi connectivity index (χ0n) is 17.4. The number of carbonyl (C=O) groups excluding carboxylic acids is 2. The summed E-state index contributed by atoms with van der Waals surface area (Å²) in [6.07, 6.45) is 3.35. The van der Waals surface area contributed by atoms with Gasteiger partial charge in [-0.1, -0.05) is 18.2 Å². The van der Waals surface area contributed by atoms with E-state index in [4.69, 9.17) is 18.9 Å². The molecule has 3 aromatic rings. The second-order valence-corrected chi connectivity index (χ2v) is 7.27. The Kier molecular flexibility index (Phi) is 4.75. The van der Waals surface area contributed by atoms with E-state index in [9.17, 15) is 9.59 Å². The van der Waals surface area contributed by atoms with Crippen LogP contribution < -0.4 is 18.9 Å². The van der Waals surface area contributed by atoms with Gasteiger partial charge in [-0.15, -0.1) is 0 Å². The van der Waals surface area contributed by atoms with Gasteiger partial charge < -0.3 is 18.9 Å². The zero-order chi connectivity index (χ0) is 22.2. The predicted molar refractivity (Wildman–Crippen MR) is 118 cm³/mol. The summed E-state index contributed by atoms with van der Waals surface area (Å²) in [7, 11) is 3.12. The lowest BCUT2D eigenvalue weighted by atomic mass is 10.1. The molecule has 5 rings (SSSR count). The highest BCUT2D eigenvalue weighted by atomic mass is 16.5. The number of ketones is 2. The van der Waals surface area contributed by atoms with Gasteiger partial charge in [0.05, 0.1) is 25.3 Å². The minimum Gasteiger partial charge on any atom is -0.497 e. The molecule has 0 amide bonds. The molecule has 0 N–H and O–H groups in total. The number of rotatable bonds is 4. The van der Waals surface area contributed by atoms with Gasteiger partial charge in [0.25, 0.3) is 0 Å². The molecule has 0 saturated carbocycles. The Bertz CT molecular complexity index is 1230. The van der Waals surface area contributed by atoms with Crippen LogP contribution in [0.4, 0.5) is 0 Å². The third-order valence-electron chi connectivity index (χ3n) is 5.26. The molecule has 6 nitrogen and oxygen atoms in total. The van der Waals surface area contributed by atoms with E-state index in [1.165, 1.54) is 0 Å². The molecule has 3 aromatic carbocycles. The summed E-state index contributed by atoms with van der Waals surface area (Å²) >= 11 is 0. The van der Waals surface area contributed by atoms with Crippen molar-refractivity contribution in [1.29, 1.82) is 0 Å². The topological polar surface area (TPSA) is 71.1 Å². The van der Waals surface area contributed by atoms with Crippen LogP contribution in [0.5, 0.6) is 23.0 Å². The molecule has 32 heavy (non-hydrogen) atoms. The van der Waals surface area contributed by atoms with Crippen LogP contribution in [0, 0.1) is 0 Å². The average molecular weight is 426 g/mol. The molecule has 158 valence electrons. The number of benzene rings is 3. The van der Waals surface area contributed by atoms with Crippen LogP contribution >= 0.6 is 0 Å². The zero-order valence-corrected chi connectivity index (χ0v) is 17.4. The van der Waals surface area contributed by atoms with Crippen LogP contribution in [0.2, 0.25) is 0 Å². The lowest BCUT2D eigenvalue weighted by molar-refractivity contribution is 0.101. The van der Waals surface area contributed by atoms with Gasteiger partial charge in [-0.2, -0.15) is 0 Å². The number of ether oxygens (including phenoxy) is 4. The number of hydrogen-bond donors (Lipinski definition) is 0. The summed E-state index contributed by atoms with van der Waals surface area (Å²) in [5.41, 5.74) is 2.50. The summed E-state index contributed by atoms with van der Waals surface area (Å²) in [6, 6.07) is 17.6. The molecule has 2 aliphatic heterocycles. The number of methoxy groups -OCH3 is 2. The van der Waals surface area contributed by atoms with E-state index in [1.807, 2.05) is 24.3 Å². The number of Topliss-reactive ketones (excluding diaryl/α,β-unsaturated/α-hetero) is 2. The molecule has 0 fully saturated rings. The SMILES string of the molecule is COc1ccc2c(c1)O/C(=C\c1cccc(/C=C3/Oc4cc(OC)ccc4C3=O)c1)C2=O. The quantitative estimate of drug-likeness (QED) is 0.551. The normalized spacial score (nSPS) is 16.6. The highest BCUT2D eigenvalue weighted by molar-refractivity contribution is 6.15. The Morgan fingerprint density at radius 2 is 1.12 bits per heavy atom. The number of allylic oxidation sites excluding steroid dienone is 2. The van der Waals surface area contributed by atoms with Crippen molar-refractivity contribution < 1.29 is 28.5 Å². The van der Waals surface area contributed by atoms with Gasteiger partial charge in [-0.25, -0.2) is 0 Å². The van der Waals surface area contributed by atoms with Gasteiger partial charge >= 0.3 is 0 Å². The first-order chi connectivity index (χ1) is 15.6. The van der Waals surface area contributed by atoms with Crippen molar-refractivity contribution in [3.8, 4) is 23.0 Å². The fraction of sp³-hybridized carbons (Fsp3) is 0.0769. The van der Waals surface area contributed by atoms with Crippen molar-refractivity contribution in [2.45, 2.75) is 0 Å². The first kappa shape index (κ1) is 19.6. The second kappa shape index (κ2) is 7.74. The largest absolute Gasteiger partial charge is 0.497 e. The molecule has 0 radical (unpaired) electrons. The highest BCUT2D eigenvalue weighted by Crippen LogP contribution is 2.36. The van der Waals surface area contributed by atoms with Crippen LogP contribution in [0.15, 0.2) is 72.2 Å². The van der Waals surface area contributed by atoms with Gasteiger partial charge in [0.2, 0.25) is 11.6 Å². The Morgan fingerprint density at radius 1 is 0.656 bits per heavy atom. The Labute approximate surface area is 184 Å². The fourth-order valence-corrected chi connectivity index (χ4v) is 3.63. The summed E-state index contributed by atoms with van der Waals surface area (Å²) < 4.78 is 21.9. The van der Waals surface area contributed by atoms with E-state index in [0.29, 0.717) is 34.1 Å². The van der Waals surface area contributed by atoms with Gasteiger partial charge in [-0.3, -0.25) is 9.59 Å². The van der Waals surface area contributed by atoms with Gasteiger partial charge in [0.15, 0.2) is 11.5 Å². The minimum absolute atomic E-state index is 0.190. The molecule has 0 saturated heterocycles. The van der Waals surface area contributed by atoms with Crippen molar-refractivity contribution in [1.82, 2.24) is 0 Å². The van der Waals surface area contributed by atoms with Crippen molar-refractivity contribution in [2.24, 2.45) is 0 Å². The highest BCUT2D eigenvalue weighted by Gasteiger charge is 2.29. The van der Waals surface area contributed by atoms with Gasteiger partial charge in [-0.05, 0) is 53.6 Å². The average Bonchev–Trinajstić information content (AvgIpc) is 3.29. The molecule has 0 unspecified atom stereocenters. The van der Waals surface area contributed by atoms with Crippen LogP contribution in [0.1, 0.15) is 31.8 Å². The lowest BCUT2D eigenvalue weighted by Gasteiger charge is -2.03. The standard InChI is InChI=1S/C26H18O6/c1-29-17-6-8-19-21(13-17)31-23(25(19)27)11-15-4-3-5-16(10-15)12-24-26(28)20-9-7-18(30-2)14-22(20)32-24/h3-14H,1-2H3/b23-11-,24-12+. The monoisotopic (exact) mass is 426 g/mol. The maximum absolute atomic E-state index is 12.7. The van der Waals surface area contributed by atoms with Crippen LogP contribution in [0.25, 0.3) is 12.2 Å². The van der Waals surface area contributed by atoms with Crippen LogP contribution in [-0.4, -0.2) is 25.8 Å². The van der Waals surface area contributed by atoms with Crippen molar-refractivity contribution in [3.05, 3.63) is 94.4 Å². The molecule has 0 atom stereocenters. The lowest BCUT2D eigenvalue weighted by Crippen LogP contribution is -1.99. The van der Waals surface area contributed by atoms with Crippen LogP contribution in [0.3, 0.4) is 0 Å². The van der Waals surface area contributed by atoms with E-state index < -0.39 is 0 Å². The molecule has 0 bridgehead atoms. The van der Waals surface area contributed by atoms with Gasteiger partial charge in [0.1, 0.15) is 23.0 Å². The number of fused-ring (bicyclic) bond motifs is 2. The maximum Gasteiger partial charge on any atom is 0.231 e. The molecule has 2 aliphatic rings. The molecular formula is C26H18O6. The van der Waals surface area contributed by atoms with E-state index in [-0.39, 0.29) is 23.1 Å². The Morgan fingerprint density at radius 3 is 1.56 bits per heavy atom. The van der Waals surface area contributed by atoms with Crippen molar-refractivity contribution in [3.63, 3.8) is 0 Å². The summed E-state index contributed by atoms with van der Waals surface area (Å²) in [4.78, 5) is 25.3. The first-order valence-corrected chi connectivity index (χ1v) is 9.90. The molecule has 0 aliphatic carbocycles. The summed E-state index contributed by atoms with van der Waals surface area (Å²) in [5.74, 6) is 2.25. The third-order valence-corrected chi connectivity index (χ3v) is 5.26. The van der Waals surface area contributed by atoms with Crippen molar-refractivity contribution >= 4 is 23.7 Å². The molecule has 2 heterocycles. The van der Waals surface area contributed by atoms with E-state index in [0.717, 1.165) is 11.1 Å². The summed E-state index contributed by atoms with van der Waals surface area (Å²) in [5, 5.41) is 0. The Hall–Kier alpha value is -4.32. The van der Waals surface area contributed by atoms with Crippen molar-refractivity contribution in [2.75, 3.05) is 14.2 Å². The molecule has 6 heteroatoms. The van der Waals surface area contributed by atoms with Crippen LogP contribution in [-0.2, 0) is 0 Å². The maximum atomic E-state index is 12.7. The van der Waals surface area contributed by atoms with E-state index in [2.05, 4.69) is 0 Å². The third kappa shape index (κ3) is 3.41. The second-order valence-electron chi connectivity index (χ2n) is 7.27. The molecule has 0 spiro atoms. The van der Waals surface area contributed by atoms with E-state index >= 15 is 0 Å². The smallest absolute Gasteiger partial charge is 0.231 e. The fourth-order valence-electron chi connectivity index (χ4n) is 3.63. The molecule has 0 aromatic heterocycles. The van der Waals surface area contributed by atoms with Gasteiger partial charge in [0, 0.05) is 12.1 Å². The molecular weight excluding hydrogens is 408 g/mol. The number of hydrogen-bond acceptors (Lipinski definition) is 6. The minimum atomic E-state index is -0.190. The number of carbonyl (C=O) groups is 2. The first-order valence-electron chi connectivity index (χ1n) is 9.90.